The van der Waals surface area contributed by atoms with Gasteiger partial charge in [0.1, 0.15) is 0 Å². The van der Waals surface area contributed by atoms with Gasteiger partial charge in [0.15, 0.2) is 0 Å². The Balaban J connectivity index is 2.40. The molecule has 0 aromatic carbocycles. The third-order valence-corrected chi connectivity index (χ3v) is 3.07. The Bertz CT molecular complexity index is 160. The number of hydrogen-bond acceptors (Lipinski definition) is 3. The molecule has 0 saturated carbocycles. The Morgan fingerprint density at radius 3 is 2.54 bits per heavy atom. The van der Waals surface area contributed by atoms with Crippen molar-refractivity contribution >= 4 is 0 Å². The minimum Gasteiger partial charge on any atom is -0.389 e. The topological polar surface area (TPSA) is 49.5 Å². The molecule has 0 aromatic heterocycles. The van der Waals surface area contributed by atoms with Gasteiger partial charge in [-0.05, 0) is 19.3 Å². The highest BCUT2D eigenvalue weighted by molar-refractivity contribution is 4.87. The molecule has 1 aliphatic heterocycles. The van der Waals surface area contributed by atoms with E-state index in [9.17, 15) is 5.11 Å². The van der Waals surface area contributed by atoms with Gasteiger partial charge in [0.05, 0.1) is 5.60 Å². The smallest absolute Gasteiger partial charge is 0.0743 e. The fourth-order valence-electron chi connectivity index (χ4n) is 1.82. The van der Waals surface area contributed by atoms with Gasteiger partial charge in [0.2, 0.25) is 0 Å². The first kappa shape index (κ1) is 11.0. The molecule has 1 aliphatic rings. The van der Waals surface area contributed by atoms with Gasteiger partial charge < -0.3 is 10.8 Å². The van der Waals surface area contributed by atoms with Gasteiger partial charge in [0.25, 0.3) is 0 Å². The lowest BCUT2D eigenvalue weighted by Crippen LogP contribution is -2.40. The van der Waals surface area contributed by atoms with Crippen LogP contribution >= 0.6 is 0 Å². The average molecular weight is 186 g/mol. The van der Waals surface area contributed by atoms with Crippen molar-refractivity contribution in [2.45, 2.75) is 38.8 Å². The number of aliphatic hydroxyl groups is 1. The maximum Gasteiger partial charge on any atom is 0.0743 e. The third-order valence-electron chi connectivity index (χ3n) is 3.07. The molecule has 3 N–H and O–H groups in total. The summed E-state index contributed by atoms with van der Waals surface area (Å²) in [4.78, 5) is 2.26. The summed E-state index contributed by atoms with van der Waals surface area (Å²) in [6.07, 6.45) is 0.799. The lowest BCUT2D eigenvalue weighted by atomic mass is 10.0. The standard InChI is InChI=1S/C10H22N2O/c1-4-10(3,13)7-12-5-8(2)9(11)6-12/h8-9,13H,4-7,11H2,1-3H3. The molecule has 1 fully saturated rings. The molecule has 1 heterocycles. The summed E-state index contributed by atoms with van der Waals surface area (Å²) in [5.41, 5.74) is 5.35. The van der Waals surface area contributed by atoms with Crippen molar-refractivity contribution in [3.63, 3.8) is 0 Å². The Kier molecular flexibility index (Phi) is 3.33. The molecule has 0 bridgehead atoms. The molecule has 1 saturated heterocycles. The maximum absolute atomic E-state index is 9.87. The molecule has 0 aromatic rings. The zero-order valence-electron chi connectivity index (χ0n) is 8.95. The summed E-state index contributed by atoms with van der Waals surface area (Å²) in [5, 5.41) is 9.87. The maximum atomic E-state index is 9.87. The summed E-state index contributed by atoms with van der Waals surface area (Å²) in [6.45, 7) is 8.78. The second kappa shape index (κ2) is 3.95. The zero-order valence-corrected chi connectivity index (χ0v) is 8.95. The van der Waals surface area contributed by atoms with Crippen LogP contribution in [0, 0.1) is 5.92 Å². The zero-order chi connectivity index (χ0) is 10.1. The average Bonchev–Trinajstić information content (AvgIpc) is 2.30. The van der Waals surface area contributed by atoms with Crippen LogP contribution in [0.4, 0.5) is 0 Å². The number of rotatable bonds is 3. The third kappa shape index (κ3) is 2.93. The second-order valence-corrected chi connectivity index (χ2v) is 4.69. The van der Waals surface area contributed by atoms with E-state index in [0.29, 0.717) is 5.92 Å². The highest BCUT2D eigenvalue weighted by atomic mass is 16.3. The summed E-state index contributed by atoms with van der Waals surface area (Å²) in [7, 11) is 0. The molecule has 3 nitrogen and oxygen atoms in total. The molecule has 0 radical (unpaired) electrons. The molecular weight excluding hydrogens is 164 g/mol. The summed E-state index contributed by atoms with van der Waals surface area (Å²) < 4.78 is 0. The Morgan fingerprint density at radius 1 is 1.54 bits per heavy atom. The minimum absolute atomic E-state index is 0.285. The van der Waals surface area contributed by atoms with E-state index in [1.165, 1.54) is 0 Å². The van der Waals surface area contributed by atoms with Crippen LogP contribution in [0.1, 0.15) is 27.2 Å². The van der Waals surface area contributed by atoms with Crippen LogP contribution in [-0.4, -0.2) is 41.3 Å². The number of likely N-dealkylation sites (tertiary alicyclic amines) is 1. The highest BCUT2D eigenvalue weighted by Gasteiger charge is 2.30. The first-order chi connectivity index (χ1) is 5.94. The SMILES string of the molecule is CCC(C)(O)CN1CC(C)C(N)C1. The second-order valence-electron chi connectivity index (χ2n) is 4.69. The van der Waals surface area contributed by atoms with Gasteiger partial charge >= 0.3 is 0 Å². The number of β-amino-alcohol motifs (C(OH)–C–C–N with tert-alkyl or cyclic N) is 1. The van der Waals surface area contributed by atoms with Crippen molar-refractivity contribution in [3.05, 3.63) is 0 Å². The Hall–Kier alpha value is -0.120. The lowest BCUT2D eigenvalue weighted by molar-refractivity contribution is 0.0221. The number of nitrogens with zero attached hydrogens (tertiary/aromatic N) is 1. The fraction of sp³-hybridized carbons (Fsp3) is 1.00. The molecule has 13 heavy (non-hydrogen) atoms. The van der Waals surface area contributed by atoms with Gasteiger partial charge in [-0.15, -0.1) is 0 Å². The van der Waals surface area contributed by atoms with E-state index in [0.717, 1.165) is 26.1 Å². The molecule has 78 valence electrons. The van der Waals surface area contributed by atoms with Crippen LogP contribution in [0.25, 0.3) is 0 Å². The van der Waals surface area contributed by atoms with Crippen molar-refractivity contribution in [1.82, 2.24) is 4.90 Å². The van der Waals surface area contributed by atoms with Crippen molar-refractivity contribution in [2.75, 3.05) is 19.6 Å². The number of nitrogens with two attached hydrogens (primary N) is 1. The first-order valence-electron chi connectivity index (χ1n) is 5.15. The first-order valence-corrected chi connectivity index (χ1v) is 5.15. The van der Waals surface area contributed by atoms with Crippen LogP contribution in [0.15, 0.2) is 0 Å². The molecule has 3 heteroatoms. The van der Waals surface area contributed by atoms with Gasteiger partial charge in [0, 0.05) is 25.7 Å². The van der Waals surface area contributed by atoms with Gasteiger partial charge in [-0.3, -0.25) is 4.90 Å². The van der Waals surface area contributed by atoms with Crippen LogP contribution in [0.5, 0.6) is 0 Å². The van der Waals surface area contributed by atoms with E-state index < -0.39 is 5.60 Å². The van der Waals surface area contributed by atoms with E-state index in [1.54, 1.807) is 0 Å². The molecule has 0 spiro atoms. The summed E-state index contributed by atoms with van der Waals surface area (Å²) in [5.74, 6) is 0.563. The highest BCUT2D eigenvalue weighted by Crippen LogP contribution is 2.18. The van der Waals surface area contributed by atoms with Crippen molar-refractivity contribution in [2.24, 2.45) is 11.7 Å². The van der Waals surface area contributed by atoms with Crippen molar-refractivity contribution < 1.29 is 5.11 Å². The van der Waals surface area contributed by atoms with Gasteiger partial charge in [-0.25, -0.2) is 0 Å². The molecule has 0 aliphatic carbocycles. The Labute approximate surface area is 80.9 Å². The largest absolute Gasteiger partial charge is 0.389 e. The molecule has 0 amide bonds. The molecular formula is C10H22N2O. The van der Waals surface area contributed by atoms with Crippen molar-refractivity contribution in [3.8, 4) is 0 Å². The van der Waals surface area contributed by atoms with E-state index in [2.05, 4.69) is 11.8 Å². The van der Waals surface area contributed by atoms with Crippen LogP contribution in [0.2, 0.25) is 0 Å². The predicted octanol–water partition coefficient (Wildman–Crippen LogP) is 0.426. The Morgan fingerprint density at radius 2 is 2.15 bits per heavy atom. The van der Waals surface area contributed by atoms with Gasteiger partial charge in [-0.2, -0.15) is 0 Å². The lowest BCUT2D eigenvalue weighted by Gasteiger charge is -2.27. The van der Waals surface area contributed by atoms with Gasteiger partial charge in [-0.1, -0.05) is 13.8 Å². The van der Waals surface area contributed by atoms with Crippen LogP contribution in [0.3, 0.4) is 0 Å². The van der Waals surface area contributed by atoms with E-state index >= 15 is 0 Å². The normalized spacial score (nSPS) is 34.8. The monoisotopic (exact) mass is 186 g/mol. The fourth-order valence-corrected chi connectivity index (χ4v) is 1.82. The molecule has 3 unspecified atom stereocenters. The minimum atomic E-state index is -0.552. The van der Waals surface area contributed by atoms with E-state index in [1.807, 2.05) is 13.8 Å². The summed E-state index contributed by atoms with van der Waals surface area (Å²) in [6, 6.07) is 0.285. The molecule has 3 atom stereocenters. The number of hydrogen-bond donors (Lipinski definition) is 2. The summed E-state index contributed by atoms with van der Waals surface area (Å²) >= 11 is 0. The van der Waals surface area contributed by atoms with Crippen molar-refractivity contribution in [1.29, 1.82) is 0 Å². The molecule has 1 rings (SSSR count). The van der Waals surface area contributed by atoms with Crippen LogP contribution < -0.4 is 5.73 Å². The van der Waals surface area contributed by atoms with Crippen LogP contribution in [-0.2, 0) is 0 Å². The predicted molar refractivity (Wildman–Crippen MR) is 54.5 cm³/mol. The van der Waals surface area contributed by atoms with E-state index in [4.69, 9.17) is 5.73 Å². The van der Waals surface area contributed by atoms with E-state index in [-0.39, 0.29) is 6.04 Å². The quantitative estimate of drug-likeness (QED) is 0.672.